The second-order valence-corrected chi connectivity index (χ2v) is 6.46. The second-order valence-electron chi connectivity index (χ2n) is 5.68. The Morgan fingerprint density at radius 2 is 2.35 bits per heavy atom. The van der Waals surface area contributed by atoms with E-state index in [4.69, 9.17) is 0 Å². The van der Waals surface area contributed by atoms with Crippen molar-refractivity contribution in [3.8, 4) is 0 Å². The molecular weight excluding hydrogens is 228 g/mol. The topological polar surface area (TPSA) is 15.3 Å². The van der Waals surface area contributed by atoms with E-state index < -0.39 is 0 Å². The molecule has 0 aliphatic carbocycles. The van der Waals surface area contributed by atoms with Gasteiger partial charge in [-0.05, 0) is 49.1 Å². The highest BCUT2D eigenvalue weighted by Gasteiger charge is 2.30. The average Bonchev–Trinajstić information content (AvgIpc) is 2.78. The van der Waals surface area contributed by atoms with E-state index in [9.17, 15) is 0 Å². The third-order valence-corrected chi connectivity index (χ3v) is 4.40. The number of thiophene rings is 1. The third-order valence-electron chi connectivity index (χ3n) is 3.67. The highest BCUT2D eigenvalue weighted by atomic mass is 32.1. The summed E-state index contributed by atoms with van der Waals surface area (Å²) in [7, 11) is 0. The van der Waals surface area contributed by atoms with Gasteiger partial charge in [-0.25, -0.2) is 0 Å². The summed E-state index contributed by atoms with van der Waals surface area (Å²) in [5.41, 5.74) is 1.75. The highest BCUT2D eigenvalue weighted by Crippen LogP contribution is 2.18. The van der Waals surface area contributed by atoms with E-state index in [0.29, 0.717) is 6.04 Å². The second kappa shape index (κ2) is 5.51. The minimum atomic E-state index is 0.264. The number of nitrogens with zero attached hydrogens (tertiary/aromatic N) is 1. The lowest BCUT2D eigenvalue weighted by Crippen LogP contribution is -2.61. The van der Waals surface area contributed by atoms with E-state index in [1.54, 1.807) is 11.3 Å². The van der Waals surface area contributed by atoms with Crippen molar-refractivity contribution in [1.29, 1.82) is 0 Å². The third kappa shape index (κ3) is 3.54. The minimum absolute atomic E-state index is 0.264. The van der Waals surface area contributed by atoms with Crippen LogP contribution in [0, 0.1) is 0 Å². The van der Waals surface area contributed by atoms with Crippen molar-refractivity contribution in [1.82, 2.24) is 10.2 Å². The van der Waals surface area contributed by atoms with Crippen LogP contribution in [0.1, 0.15) is 32.8 Å². The Bertz CT molecular complexity index is 332. The molecule has 1 saturated heterocycles. The van der Waals surface area contributed by atoms with Crippen LogP contribution in [0.4, 0.5) is 0 Å². The number of rotatable bonds is 4. The van der Waals surface area contributed by atoms with Gasteiger partial charge in [0.1, 0.15) is 0 Å². The standard InChI is InChI=1S/C14H24N2S/c1-4-13-9-15-14(2,3)11-16(13)7-5-12-6-8-17-10-12/h6,8,10,13,15H,4-5,7,9,11H2,1-3H3. The van der Waals surface area contributed by atoms with Gasteiger partial charge < -0.3 is 5.32 Å². The Hall–Kier alpha value is -0.380. The van der Waals surface area contributed by atoms with Crippen LogP contribution >= 0.6 is 11.3 Å². The minimum Gasteiger partial charge on any atom is -0.309 e. The maximum absolute atomic E-state index is 3.64. The van der Waals surface area contributed by atoms with Crippen LogP contribution in [0.25, 0.3) is 0 Å². The van der Waals surface area contributed by atoms with Crippen LogP contribution in [-0.2, 0) is 6.42 Å². The van der Waals surface area contributed by atoms with Crippen LogP contribution < -0.4 is 5.32 Å². The van der Waals surface area contributed by atoms with E-state index >= 15 is 0 Å². The Balaban J connectivity index is 1.91. The SMILES string of the molecule is CCC1CNC(C)(C)CN1CCc1ccsc1. The molecule has 17 heavy (non-hydrogen) atoms. The summed E-state index contributed by atoms with van der Waals surface area (Å²) in [6.07, 6.45) is 2.43. The molecule has 96 valence electrons. The molecule has 0 bridgehead atoms. The first-order valence-electron chi connectivity index (χ1n) is 6.61. The number of hydrogen-bond donors (Lipinski definition) is 1. The van der Waals surface area contributed by atoms with E-state index in [2.05, 4.69) is 47.8 Å². The monoisotopic (exact) mass is 252 g/mol. The van der Waals surface area contributed by atoms with Crippen LogP contribution in [-0.4, -0.2) is 36.1 Å². The van der Waals surface area contributed by atoms with Crippen molar-refractivity contribution in [3.05, 3.63) is 22.4 Å². The molecule has 2 heterocycles. The molecule has 1 aliphatic rings. The van der Waals surface area contributed by atoms with E-state index in [1.807, 2.05) is 0 Å². The summed E-state index contributed by atoms with van der Waals surface area (Å²) < 4.78 is 0. The molecule has 1 N–H and O–H groups in total. The van der Waals surface area contributed by atoms with Crippen molar-refractivity contribution in [2.75, 3.05) is 19.6 Å². The number of piperazine rings is 1. The van der Waals surface area contributed by atoms with E-state index in [0.717, 1.165) is 13.1 Å². The Morgan fingerprint density at radius 1 is 1.53 bits per heavy atom. The molecule has 1 atom stereocenters. The first-order valence-corrected chi connectivity index (χ1v) is 7.55. The van der Waals surface area contributed by atoms with Crippen molar-refractivity contribution in [3.63, 3.8) is 0 Å². The molecule has 1 aliphatic heterocycles. The highest BCUT2D eigenvalue weighted by molar-refractivity contribution is 7.07. The average molecular weight is 252 g/mol. The van der Waals surface area contributed by atoms with Crippen LogP contribution in [0.3, 0.4) is 0 Å². The van der Waals surface area contributed by atoms with E-state index in [1.165, 1.54) is 24.9 Å². The van der Waals surface area contributed by atoms with Gasteiger partial charge in [0, 0.05) is 31.2 Å². The molecule has 0 saturated carbocycles. The predicted molar refractivity (Wildman–Crippen MR) is 75.8 cm³/mol. The summed E-state index contributed by atoms with van der Waals surface area (Å²) >= 11 is 1.80. The van der Waals surface area contributed by atoms with Crippen molar-refractivity contribution >= 4 is 11.3 Å². The van der Waals surface area contributed by atoms with E-state index in [-0.39, 0.29) is 5.54 Å². The van der Waals surface area contributed by atoms with Gasteiger partial charge in [-0.2, -0.15) is 11.3 Å². The molecule has 3 heteroatoms. The van der Waals surface area contributed by atoms with Gasteiger partial charge in [0.25, 0.3) is 0 Å². The lowest BCUT2D eigenvalue weighted by molar-refractivity contribution is 0.0940. The van der Waals surface area contributed by atoms with Crippen LogP contribution in [0.5, 0.6) is 0 Å². The first-order chi connectivity index (χ1) is 8.11. The lowest BCUT2D eigenvalue weighted by Gasteiger charge is -2.44. The summed E-state index contributed by atoms with van der Waals surface area (Å²) in [6, 6.07) is 2.96. The van der Waals surface area contributed by atoms with Crippen molar-refractivity contribution < 1.29 is 0 Å². The van der Waals surface area contributed by atoms with Crippen molar-refractivity contribution in [2.45, 2.75) is 45.2 Å². The summed E-state index contributed by atoms with van der Waals surface area (Å²) in [5.74, 6) is 0. The van der Waals surface area contributed by atoms with Gasteiger partial charge >= 0.3 is 0 Å². The Kier molecular flexibility index (Phi) is 4.23. The quantitative estimate of drug-likeness (QED) is 0.886. The van der Waals surface area contributed by atoms with Crippen LogP contribution in [0.2, 0.25) is 0 Å². The molecule has 0 amide bonds. The van der Waals surface area contributed by atoms with Gasteiger partial charge in [0.15, 0.2) is 0 Å². The summed E-state index contributed by atoms with van der Waals surface area (Å²) in [5, 5.41) is 8.09. The van der Waals surface area contributed by atoms with Crippen LogP contribution in [0.15, 0.2) is 16.8 Å². The van der Waals surface area contributed by atoms with Gasteiger partial charge in [-0.3, -0.25) is 4.90 Å². The maximum Gasteiger partial charge on any atom is 0.0252 e. The fourth-order valence-corrected chi connectivity index (χ4v) is 3.29. The summed E-state index contributed by atoms with van der Waals surface area (Å²) in [6.45, 7) is 10.4. The number of nitrogens with one attached hydrogen (secondary N) is 1. The molecule has 1 aromatic rings. The molecule has 0 aromatic carbocycles. The zero-order chi connectivity index (χ0) is 12.3. The molecule has 1 fully saturated rings. The molecule has 1 aromatic heterocycles. The summed E-state index contributed by atoms with van der Waals surface area (Å²) in [4.78, 5) is 2.66. The Morgan fingerprint density at radius 3 is 3.00 bits per heavy atom. The molecule has 2 nitrogen and oxygen atoms in total. The normalized spacial score (nSPS) is 25.0. The first kappa shape index (κ1) is 13.1. The fourth-order valence-electron chi connectivity index (χ4n) is 2.59. The molecule has 0 radical (unpaired) electrons. The zero-order valence-corrected chi connectivity index (χ0v) is 12.0. The van der Waals surface area contributed by atoms with Crippen molar-refractivity contribution in [2.24, 2.45) is 0 Å². The Labute approximate surface area is 109 Å². The smallest absolute Gasteiger partial charge is 0.0252 e. The van der Waals surface area contributed by atoms with Gasteiger partial charge in [-0.15, -0.1) is 0 Å². The lowest BCUT2D eigenvalue weighted by atomic mass is 9.97. The van der Waals surface area contributed by atoms with Gasteiger partial charge in [-0.1, -0.05) is 6.92 Å². The zero-order valence-electron chi connectivity index (χ0n) is 11.2. The predicted octanol–water partition coefficient (Wildman–Crippen LogP) is 2.75. The molecule has 2 rings (SSSR count). The largest absolute Gasteiger partial charge is 0.309 e. The molecule has 0 spiro atoms. The molecular formula is C14H24N2S. The maximum atomic E-state index is 3.64. The van der Waals surface area contributed by atoms with Gasteiger partial charge in [0.05, 0.1) is 0 Å². The fraction of sp³-hybridized carbons (Fsp3) is 0.714. The molecule has 1 unspecified atom stereocenters. The van der Waals surface area contributed by atoms with Gasteiger partial charge in [0.2, 0.25) is 0 Å². The number of hydrogen-bond acceptors (Lipinski definition) is 3.